The van der Waals surface area contributed by atoms with Crippen molar-refractivity contribution in [1.29, 1.82) is 0 Å². The second-order valence-corrected chi connectivity index (χ2v) is 5.56. The summed E-state index contributed by atoms with van der Waals surface area (Å²) in [6.45, 7) is 3.09. The molecule has 120 valence electrons. The minimum atomic E-state index is 0.672. The number of hydrogen-bond acceptors (Lipinski definition) is 4. The number of nitrogens with zero attached hydrogens (tertiary/aromatic N) is 4. The molecule has 0 fully saturated rings. The Balaban J connectivity index is 1.74. The number of benzene rings is 1. The minimum absolute atomic E-state index is 0.672. The van der Waals surface area contributed by atoms with Crippen molar-refractivity contribution in [3.05, 3.63) is 24.3 Å². The van der Waals surface area contributed by atoms with E-state index in [1.165, 1.54) is 38.5 Å². The van der Waals surface area contributed by atoms with E-state index in [2.05, 4.69) is 22.3 Å². The zero-order chi connectivity index (χ0) is 15.6. The zero-order valence-electron chi connectivity index (χ0n) is 13.7. The highest BCUT2D eigenvalue weighted by atomic mass is 16.5. The first-order valence-corrected chi connectivity index (χ1v) is 8.25. The molecule has 0 N–H and O–H groups in total. The number of tetrazole rings is 1. The van der Waals surface area contributed by atoms with Gasteiger partial charge >= 0.3 is 0 Å². The second kappa shape index (κ2) is 9.18. The molecule has 0 aliphatic heterocycles. The van der Waals surface area contributed by atoms with Crippen LogP contribution in [0.15, 0.2) is 24.3 Å². The molecule has 0 unspecified atom stereocenters. The molecular weight excluding hydrogens is 276 g/mol. The summed E-state index contributed by atoms with van der Waals surface area (Å²) in [4.78, 5) is 1.70. The van der Waals surface area contributed by atoms with Crippen LogP contribution in [0.4, 0.5) is 0 Å². The fourth-order valence-electron chi connectivity index (χ4n) is 2.40. The van der Waals surface area contributed by atoms with E-state index in [0.717, 1.165) is 24.3 Å². The zero-order valence-corrected chi connectivity index (χ0v) is 13.7. The van der Waals surface area contributed by atoms with Gasteiger partial charge < -0.3 is 4.74 Å². The first kappa shape index (κ1) is 16.5. The molecule has 0 aliphatic carbocycles. The second-order valence-electron chi connectivity index (χ2n) is 5.56. The highest BCUT2D eigenvalue weighted by molar-refractivity contribution is 5.55. The highest BCUT2D eigenvalue weighted by Crippen LogP contribution is 2.18. The number of hydrogen-bond donors (Lipinski definition) is 0. The first-order chi connectivity index (χ1) is 10.8. The fourth-order valence-corrected chi connectivity index (χ4v) is 2.40. The maximum absolute atomic E-state index is 5.15. The molecule has 0 spiro atoms. The summed E-state index contributed by atoms with van der Waals surface area (Å²) in [5.41, 5.74) is 0.964. The average Bonchev–Trinajstić information content (AvgIpc) is 3.03. The lowest BCUT2D eigenvalue weighted by Crippen LogP contribution is -2.02. The van der Waals surface area contributed by atoms with Gasteiger partial charge in [-0.2, -0.15) is 4.80 Å². The molecule has 1 heterocycles. The molecule has 5 nitrogen and oxygen atoms in total. The fraction of sp³-hybridized carbons (Fsp3) is 0.588. The lowest BCUT2D eigenvalue weighted by atomic mass is 10.1. The number of aromatic nitrogens is 4. The molecule has 0 saturated heterocycles. The largest absolute Gasteiger partial charge is 0.497 e. The van der Waals surface area contributed by atoms with Crippen LogP contribution in [0.1, 0.15) is 51.9 Å². The molecular formula is C17H26N4O. The summed E-state index contributed by atoms with van der Waals surface area (Å²) in [7, 11) is 1.66. The molecule has 0 radical (unpaired) electrons. The SMILES string of the molecule is CCCCCCCCCn1nnc(-c2ccc(OC)cc2)n1. The van der Waals surface area contributed by atoms with E-state index in [4.69, 9.17) is 4.74 Å². The predicted octanol–water partition coefficient (Wildman–Crippen LogP) is 4.10. The molecule has 1 aromatic carbocycles. The van der Waals surface area contributed by atoms with Crippen molar-refractivity contribution in [2.45, 2.75) is 58.4 Å². The maximum atomic E-state index is 5.15. The van der Waals surface area contributed by atoms with Crippen molar-refractivity contribution < 1.29 is 4.74 Å². The molecule has 0 saturated carbocycles. The Labute approximate surface area is 132 Å². The third-order valence-electron chi connectivity index (χ3n) is 3.76. The Morgan fingerprint density at radius 2 is 1.64 bits per heavy atom. The summed E-state index contributed by atoms with van der Waals surface area (Å²) in [6.07, 6.45) is 9.02. The van der Waals surface area contributed by atoms with Crippen LogP contribution in [-0.4, -0.2) is 27.3 Å². The van der Waals surface area contributed by atoms with E-state index in [1.807, 2.05) is 24.3 Å². The van der Waals surface area contributed by atoms with Gasteiger partial charge in [0.05, 0.1) is 13.7 Å². The van der Waals surface area contributed by atoms with Gasteiger partial charge in [0.25, 0.3) is 0 Å². The normalized spacial score (nSPS) is 10.8. The quantitative estimate of drug-likeness (QED) is 0.620. The van der Waals surface area contributed by atoms with Gasteiger partial charge in [0.2, 0.25) is 5.82 Å². The van der Waals surface area contributed by atoms with Crippen molar-refractivity contribution in [3.63, 3.8) is 0 Å². The molecule has 0 aliphatic rings. The van der Waals surface area contributed by atoms with Crippen LogP contribution in [0.2, 0.25) is 0 Å². The topological polar surface area (TPSA) is 52.8 Å². The Morgan fingerprint density at radius 3 is 2.32 bits per heavy atom. The van der Waals surface area contributed by atoms with Gasteiger partial charge in [-0.1, -0.05) is 45.4 Å². The van der Waals surface area contributed by atoms with Gasteiger partial charge in [0.1, 0.15) is 5.75 Å². The van der Waals surface area contributed by atoms with Gasteiger partial charge in [-0.25, -0.2) is 0 Å². The van der Waals surface area contributed by atoms with Crippen molar-refractivity contribution in [3.8, 4) is 17.1 Å². The molecule has 0 amide bonds. The van der Waals surface area contributed by atoms with Gasteiger partial charge in [-0.05, 0) is 35.9 Å². The van der Waals surface area contributed by atoms with Gasteiger partial charge in [-0.3, -0.25) is 0 Å². The highest BCUT2D eigenvalue weighted by Gasteiger charge is 2.05. The number of aryl methyl sites for hydroxylation is 1. The molecule has 0 bridgehead atoms. The Kier molecular flexibility index (Phi) is 6.87. The third-order valence-corrected chi connectivity index (χ3v) is 3.76. The molecule has 0 atom stereocenters. The van der Waals surface area contributed by atoms with Crippen molar-refractivity contribution >= 4 is 0 Å². The van der Waals surface area contributed by atoms with E-state index in [1.54, 1.807) is 11.9 Å². The number of unbranched alkanes of at least 4 members (excludes halogenated alkanes) is 6. The van der Waals surface area contributed by atoms with Crippen LogP contribution >= 0.6 is 0 Å². The van der Waals surface area contributed by atoms with E-state index >= 15 is 0 Å². The summed E-state index contributed by atoms with van der Waals surface area (Å²) in [5, 5.41) is 12.7. The number of rotatable bonds is 10. The van der Waals surface area contributed by atoms with E-state index in [0.29, 0.717) is 5.82 Å². The standard InChI is InChI=1S/C17H26N4O/c1-3-4-5-6-7-8-9-14-21-19-17(18-20-21)15-10-12-16(22-2)13-11-15/h10-13H,3-9,14H2,1-2H3. The number of methoxy groups -OCH3 is 1. The van der Waals surface area contributed by atoms with Gasteiger partial charge in [0.15, 0.2) is 0 Å². The van der Waals surface area contributed by atoms with Crippen LogP contribution in [0.5, 0.6) is 5.75 Å². The summed E-state index contributed by atoms with van der Waals surface area (Å²) < 4.78 is 5.15. The molecule has 2 rings (SSSR count). The van der Waals surface area contributed by atoms with Gasteiger partial charge in [-0.15, -0.1) is 10.2 Å². The van der Waals surface area contributed by atoms with E-state index in [9.17, 15) is 0 Å². The Hall–Kier alpha value is -1.91. The summed E-state index contributed by atoms with van der Waals surface area (Å²) in [6, 6.07) is 7.72. The average molecular weight is 302 g/mol. The molecule has 5 heteroatoms. The minimum Gasteiger partial charge on any atom is -0.497 e. The van der Waals surface area contributed by atoms with Crippen molar-refractivity contribution in [1.82, 2.24) is 20.2 Å². The van der Waals surface area contributed by atoms with Crippen LogP contribution in [0.25, 0.3) is 11.4 Å². The Bertz CT molecular complexity index is 536. The van der Waals surface area contributed by atoms with Gasteiger partial charge in [0, 0.05) is 5.56 Å². The predicted molar refractivity (Wildman–Crippen MR) is 87.8 cm³/mol. The first-order valence-electron chi connectivity index (χ1n) is 8.25. The van der Waals surface area contributed by atoms with Crippen LogP contribution in [0, 0.1) is 0 Å². The van der Waals surface area contributed by atoms with E-state index < -0.39 is 0 Å². The monoisotopic (exact) mass is 302 g/mol. The summed E-state index contributed by atoms with van der Waals surface area (Å²) >= 11 is 0. The summed E-state index contributed by atoms with van der Waals surface area (Å²) in [5.74, 6) is 1.50. The Morgan fingerprint density at radius 1 is 0.955 bits per heavy atom. The molecule has 1 aromatic heterocycles. The lowest BCUT2D eigenvalue weighted by molar-refractivity contribution is 0.415. The molecule has 22 heavy (non-hydrogen) atoms. The maximum Gasteiger partial charge on any atom is 0.204 e. The smallest absolute Gasteiger partial charge is 0.204 e. The van der Waals surface area contributed by atoms with Crippen LogP contribution < -0.4 is 4.74 Å². The van der Waals surface area contributed by atoms with E-state index in [-0.39, 0.29) is 0 Å². The third kappa shape index (κ3) is 5.13. The lowest BCUT2D eigenvalue weighted by Gasteiger charge is -2.01. The number of ether oxygens (including phenoxy) is 1. The van der Waals surface area contributed by atoms with Crippen LogP contribution in [-0.2, 0) is 6.54 Å². The molecule has 2 aromatic rings. The van der Waals surface area contributed by atoms with Crippen LogP contribution in [0.3, 0.4) is 0 Å². The van der Waals surface area contributed by atoms with Crippen molar-refractivity contribution in [2.75, 3.05) is 7.11 Å². The van der Waals surface area contributed by atoms with Crippen molar-refractivity contribution in [2.24, 2.45) is 0 Å².